The van der Waals surface area contributed by atoms with Crippen LogP contribution in [0.2, 0.25) is 0 Å². The third kappa shape index (κ3) is 7.66. The van der Waals surface area contributed by atoms with Gasteiger partial charge in [0.1, 0.15) is 18.1 Å². The smallest absolute Gasteiger partial charge is 0.318 e. The topological polar surface area (TPSA) is 90.9 Å². The quantitative estimate of drug-likeness (QED) is 0.447. The van der Waals surface area contributed by atoms with Gasteiger partial charge in [0.05, 0.1) is 12.8 Å². The van der Waals surface area contributed by atoms with E-state index >= 15 is 0 Å². The molecule has 1 saturated heterocycles. The van der Waals surface area contributed by atoms with Gasteiger partial charge in [0, 0.05) is 44.8 Å². The first kappa shape index (κ1) is 27.8. The van der Waals surface area contributed by atoms with Gasteiger partial charge in [-0.3, -0.25) is 4.79 Å². The standard InChI is InChI=1S/C29H35FN6O3/c1-3-14-31-29(38)36(20-22-8-10-24(30)11-9-22)21-28(37)35-16-5-15-34(17-18-35)27-13-12-26(32-33-27)23-6-4-7-25(19-23)39-2/h4,6-13,19H,3,5,14-18,20-21H2,1-2H3,(H,31,38). The van der Waals surface area contributed by atoms with E-state index in [1.54, 1.807) is 24.1 Å². The maximum atomic E-state index is 13.3. The number of carbonyl (C=O) groups excluding carboxylic acids is 2. The minimum Gasteiger partial charge on any atom is -0.497 e. The van der Waals surface area contributed by atoms with E-state index in [9.17, 15) is 14.0 Å². The zero-order valence-corrected chi connectivity index (χ0v) is 22.5. The molecule has 39 heavy (non-hydrogen) atoms. The maximum absolute atomic E-state index is 13.3. The molecule has 3 aromatic rings. The number of rotatable bonds is 9. The van der Waals surface area contributed by atoms with E-state index < -0.39 is 0 Å². The summed E-state index contributed by atoms with van der Waals surface area (Å²) >= 11 is 0. The van der Waals surface area contributed by atoms with Crippen molar-refractivity contribution in [1.82, 2.24) is 25.3 Å². The monoisotopic (exact) mass is 534 g/mol. The molecule has 0 bridgehead atoms. The summed E-state index contributed by atoms with van der Waals surface area (Å²) in [4.78, 5) is 31.5. The number of nitrogens with zero attached hydrogens (tertiary/aromatic N) is 5. The summed E-state index contributed by atoms with van der Waals surface area (Å²) in [5, 5.41) is 11.7. The van der Waals surface area contributed by atoms with Crippen molar-refractivity contribution in [3.63, 3.8) is 0 Å². The fraction of sp³-hybridized carbons (Fsp3) is 0.379. The van der Waals surface area contributed by atoms with Gasteiger partial charge in [0.2, 0.25) is 5.91 Å². The third-order valence-corrected chi connectivity index (χ3v) is 6.61. The fourth-order valence-corrected chi connectivity index (χ4v) is 4.44. The van der Waals surface area contributed by atoms with E-state index in [2.05, 4.69) is 20.4 Å². The minimum absolute atomic E-state index is 0.0536. The number of urea groups is 1. The average molecular weight is 535 g/mol. The largest absolute Gasteiger partial charge is 0.497 e. The SMILES string of the molecule is CCCNC(=O)N(CC(=O)N1CCCN(c2ccc(-c3cccc(OC)c3)nn2)CC1)Cc1ccc(F)cc1. The lowest BCUT2D eigenvalue weighted by molar-refractivity contribution is -0.131. The Morgan fingerprint density at radius 2 is 1.85 bits per heavy atom. The normalized spacial score (nSPS) is 13.5. The molecular weight excluding hydrogens is 499 g/mol. The number of amides is 3. The molecule has 0 aliphatic carbocycles. The van der Waals surface area contributed by atoms with Crippen LogP contribution in [0.3, 0.4) is 0 Å². The lowest BCUT2D eigenvalue weighted by Crippen LogP contribution is -2.47. The van der Waals surface area contributed by atoms with Crippen molar-refractivity contribution in [2.45, 2.75) is 26.3 Å². The molecule has 0 atom stereocenters. The number of aromatic nitrogens is 2. The van der Waals surface area contributed by atoms with E-state index in [-0.39, 0.29) is 30.8 Å². The first-order valence-electron chi connectivity index (χ1n) is 13.2. The van der Waals surface area contributed by atoms with Crippen LogP contribution in [0.5, 0.6) is 5.75 Å². The highest BCUT2D eigenvalue weighted by molar-refractivity contribution is 5.84. The molecule has 1 N–H and O–H groups in total. The van der Waals surface area contributed by atoms with E-state index in [4.69, 9.17) is 4.74 Å². The van der Waals surface area contributed by atoms with Crippen molar-refractivity contribution in [3.8, 4) is 17.0 Å². The van der Waals surface area contributed by atoms with Crippen molar-refractivity contribution in [2.24, 2.45) is 0 Å². The van der Waals surface area contributed by atoms with E-state index in [0.29, 0.717) is 26.2 Å². The Hall–Kier alpha value is -4.21. The summed E-state index contributed by atoms with van der Waals surface area (Å²) in [6, 6.07) is 17.2. The lowest BCUT2D eigenvalue weighted by Gasteiger charge is -2.27. The molecule has 1 aromatic heterocycles. The molecule has 1 aliphatic heterocycles. The summed E-state index contributed by atoms with van der Waals surface area (Å²) in [6.45, 7) is 5.11. The molecule has 2 heterocycles. The molecule has 10 heteroatoms. The predicted molar refractivity (Wildman–Crippen MR) is 148 cm³/mol. The third-order valence-electron chi connectivity index (χ3n) is 6.61. The Labute approximate surface area is 228 Å². The van der Waals surface area contributed by atoms with Crippen molar-refractivity contribution < 1.29 is 18.7 Å². The molecule has 1 fully saturated rings. The van der Waals surface area contributed by atoms with Gasteiger partial charge in [-0.1, -0.05) is 31.2 Å². The first-order valence-corrected chi connectivity index (χ1v) is 13.2. The van der Waals surface area contributed by atoms with Crippen molar-refractivity contribution in [2.75, 3.05) is 51.3 Å². The molecule has 1 aliphatic rings. The highest BCUT2D eigenvalue weighted by Crippen LogP contribution is 2.23. The van der Waals surface area contributed by atoms with E-state index in [1.165, 1.54) is 17.0 Å². The Kier molecular flexibility index (Phi) is 9.66. The maximum Gasteiger partial charge on any atom is 0.318 e. The molecule has 0 unspecified atom stereocenters. The molecule has 2 aromatic carbocycles. The van der Waals surface area contributed by atoms with Crippen LogP contribution in [0, 0.1) is 5.82 Å². The van der Waals surface area contributed by atoms with Crippen molar-refractivity contribution in [1.29, 1.82) is 0 Å². The first-order chi connectivity index (χ1) is 19.0. The van der Waals surface area contributed by atoms with Crippen LogP contribution < -0.4 is 15.0 Å². The minimum atomic E-state index is -0.342. The average Bonchev–Trinajstić information content (AvgIpc) is 3.23. The van der Waals surface area contributed by atoms with Crippen LogP contribution in [0.1, 0.15) is 25.3 Å². The van der Waals surface area contributed by atoms with Gasteiger partial charge in [-0.25, -0.2) is 9.18 Å². The number of carbonyl (C=O) groups is 2. The molecule has 0 radical (unpaired) electrons. The number of hydrogen-bond donors (Lipinski definition) is 1. The van der Waals surface area contributed by atoms with Gasteiger partial charge >= 0.3 is 6.03 Å². The van der Waals surface area contributed by atoms with Gasteiger partial charge in [-0.2, -0.15) is 0 Å². The van der Waals surface area contributed by atoms with Gasteiger partial charge in [0.15, 0.2) is 5.82 Å². The zero-order valence-electron chi connectivity index (χ0n) is 22.5. The number of anilines is 1. The molecule has 0 saturated carbocycles. The van der Waals surface area contributed by atoms with Crippen LogP contribution >= 0.6 is 0 Å². The van der Waals surface area contributed by atoms with E-state index in [0.717, 1.165) is 47.8 Å². The Morgan fingerprint density at radius 1 is 1.03 bits per heavy atom. The summed E-state index contributed by atoms with van der Waals surface area (Å²) in [5.41, 5.74) is 2.44. The number of benzene rings is 2. The van der Waals surface area contributed by atoms with Gasteiger partial charge in [-0.05, 0) is 54.8 Å². The summed E-state index contributed by atoms with van der Waals surface area (Å²) in [6.07, 6.45) is 1.56. The van der Waals surface area contributed by atoms with Crippen LogP contribution in [0.4, 0.5) is 15.0 Å². The number of nitrogens with one attached hydrogen (secondary N) is 1. The lowest BCUT2D eigenvalue weighted by atomic mass is 10.1. The Balaban J connectivity index is 1.37. The van der Waals surface area contributed by atoms with Gasteiger partial charge < -0.3 is 24.8 Å². The molecule has 3 amide bonds. The Morgan fingerprint density at radius 3 is 2.56 bits per heavy atom. The number of halogens is 1. The van der Waals surface area contributed by atoms with E-state index in [1.807, 2.05) is 43.3 Å². The Bertz CT molecular complexity index is 1240. The summed E-state index contributed by atoms with van der Waals surface area (Å²) in [5.74, 6) is 1.05. The molecule has 9 nitrogen and oxygen atoms in total. The van der Waals surface area contributed by atoms with Gasteiger partial charge in [0.25, 0.3) is 0 Å². The second-order valence-corrected chi connectivity index (χ2v) is 9.44. The number of hydrogen-bond acceptors (Lipinski definition) is 6. The van der Waals surface area contributed by atoms with Gasteiger partial charge in [-0.15, -0.1) is 10.2 Å². The van der Waals surface area contributed by atoms with Crippen LogP contribution in [0.15, 0.2) is 60.7 Å². The number of ether oxygens (including phenoxy) is 1. The highest BCUT2D eigenvalue weighted by atomic mass is 19.1. The zero-order chi connectivity index (χ0) is 27.6. The predicted octanol–water partition coefficient (Wildman–Crippen LogP) is 3.95. The van der Waals surface area contributed by atoms with Crippen molar-refractivity contribution in [3.05, 3.63) is 72.0 Å². The fourth-order valence-electron chi connectivity index (χ4n) is 4.44. The second kappa shape index (κ2) is 13.5. The molecular formula is C29H35FN6O3. The van der Waals surface area contributed by atoms with Crippen LogP contribution in [0.25, 0.3) is 11.3 Å². The second-order valence-electron chi connectivity index (χ2n) is 9.44. The molecule has 0 spiro atoms. The molecule has 206 valence electrons. The number of methoxy groups -OCH3 is 1. The highest BCUT2D eigenvalue weighted by Gasteiger charge is 2.24. The molecule has 4 rings (SSSR count). The van der Waals surface area contributed by atoms with Crippen molar-refractivity contribution >= 4 is 17.8 Å². The summed E-state index contributed by atoms with van der Waals surface area (Å²) in [7, 11) is 1.63. The van der Waals surface area contributed by atoms with Crippen LogP contribution in [-0.4, -0.2) is 78.3 Å². The van der Waals surface area contributed by atoms with Crippen LogP contribution in [-0.2, 0) is 11.3 Å². The summed E-state index contributed by atoms with van der Waals surface area (Å²) < 4.78 is 18.6.